The van der Waals surface area contributed by atoms with E-state index in [1.165, 1.54) is 0 Å². The van der Waals surface area contributed by atoms with Gasteiger partial charge in [0.25, 0.3) is 0 Å². The molecule has 0 N–H and O–H groups in total. The van der Waals surface area contributed by atoms with Crippen molar-refractivity contribution in [1.29, 1.82) is 0 Å². The minimum absolute atomic E-state index is 0. The third-order valence-electron chi connectivity index (χ3n) is 2.14. The molecule has 0 saturated carbocycles. The number of nitrogens with zero attached hydrogens (tertiary/aromatic N) is 2. The Morgan fingerprint density at radius 1 is 0.591 bits per heavy atom. The molecule has 0 aliphatic heterocycles. The van der Waals surface area contributed by atoms with E-state index in [2.05, 4.69) is 0 Å². The monoisotopic (exact) mass is 383 g/mol. The Morgan fingerprint density at radius 3 is 0.909 bits per heavy atom. The molecule has 0 saturated heterocycles. The maximum absolute atomic E-state index is 10.4. The van der Waals surface area contributed by atoms with E-state index in [0.29, 0.717) is 0 Å². The second-order valence-corrected chi connectivity index (χ2v) is 3.91. The Kier molecular flexibility index (Phi) is 17.7. The molecule has 0 aliphatic carbocycles. The van der Waals surface area contributed by atoms with Crippen LogP contribution >= 0.6 is 0 Å². The maximum atomic E-state index is 10.4. The molecule has 0 atom stereocenters. The first-order valence-corrected chi connectivity index (χ1v) is 5.44. The Bertz CT molecular complexity index is 327. The van der Waals surface area contributed by atoms with Crippen LogP contribution in [0.4, 0.5) is 0 Å². The van der Waals surface area contributed by atoms with Gasteiger partial charge in [-0.1, -0.05) is 0 Å². The molecular formula is C10H12FeKN2O8. The number of carboxylic acids is 4. The molecular weight excluding hydrogens is 371 g/mol. The summed E-state index contributed by atoms with van der Waals surface area (Å²) in [5, 5.41) is 41.6. The zero-order chi connectivity index (χ0) is 15.7. The first-order valence-electron chi connectivity index (χ1n) is 5.44. The first-order chi connectivity index (χ1) is 9.20. The van der Waals surface area contributed by atoms with Gasteiger partial charge in [0.15, 0.2) is 0 Å². The van der Waals surface area contributed by atoms with Crippen molar-refractivity contribution in [3.8, 4) is 0 Å². The van der Waals surface area contributed by atoms with Crippen molar-refractivity contribution in [3.05, 3.63) is 0 Å². The average Bonchev–Trinajstić information content (AvgIpc) is 2.22. The van der Waals surface area contributed by atoms with Gasteiger partial charge in [0, 0.05) is 39.3 Å². The Morgan fingerprint density at radius 2 is 0.773 bits per heavy atom. The fourth-order valence-corrected chi connectivity index (χ4v) is 1.44. The third kappa shape index (κ3) is 16.3. The van der Waals surface area contributed by atoms with Crippen molar-refractivity contribution < 1.29 is 108 Å². The summed E-state index contributed by atoms with van der Waals surface area (Å²) in [6.07, 6.45) is 0. The van der Waals surface area contributed by atoms with E-state index in [1.807, 2.05) is 0 Å². The van der Waals surface area contributed by atoms with Crippen molar-refractivity contribution in [1.82, 2.24) is 9.80 Å². The number of carboxylic acid groups (broad SMARTS) is 4. The van der Waals surface area contributed by atoms with E-state index in [0.717, 1.165) is 9.80 Å². The standard InChI is InChI=1S/C10H16N2O8.Fe.K/c13-7(14)3-11(4-8(15)16)1-2-12(5-9(17)18)6-10(19)20;;/h1-6H2,(H,13,14)(H,15,16)(H,17,18)(H,19,20);;/q;+3;+1/p-4. The zero-order valence-corrected chi connectivity index (χ0v) is 16.0. The van der Waals surface area contributed by atoms with Gasteiger partial charge in [0.05, 0.1) is 23.9 Å². The van der Waals surface area contributed by atoms with Crippen molar-refractivity contribution in [2.24, 2.45) is 0 Å². The van der Waals surface area contributed by atoms with Gasteiger partial charge >= 0.3 is 68.5 Å². The van der Waals surface area contributed by atoms with Gasteiger partial charge < -0.3 is 39.6 Å². The van der Waals surface area contributed by atoms with E-state index < -0.39 is 50.1 Å². The summed E-state index contributed by atoms with van der Waals surface area (Å²) in [5.74, 6) is -6.12. The summed E-state index contributed by atoms with van der Waals surface area (Å²) in [6, 6.07) is 0. The summed E-state index contributed by atoms with van der Waals surface area (Å²) in [6.45, 7) is -3.25. The average molecular weight is 383 g/mol. The van der Waals surface area contributed by atoms with Crippen LogP contribution in [0.5, 0.6) is 0 Å². The van der Waals surface area contributed by atoms with E-state index in [-0.39, 0.29) is 81.5 Å². The van der Waals surface area contributed by atoms with Crippen LogP contribution in [0.25, 0.3) is 0 Å². The van der Waals surface area contributed by atoms with Gasteiger partial charge in [-0.25, -0.2) is 0 Å². The zero-order valence-electron chi connectivity index (χ0n) is 11.8. The molecule has 0 fully saturated rings. The minimum Gasteiger partial charge on any atom is -0.549 e. The summed E-state index contributed by atoms with van der Waals surface area (Å²) < 4.78 is 0. The maximum Gasteiger partial charge on any atom is 3.00 e. The summed E-state index contributed by atoms with van der Waals surface area (Å²) >= 11 is 0. The number of rotatable bonds is 11. The molecule has 0 aromatic rings. The number of carbonyl (C=O) groups excluding carboxylic acids is 4. The van der Waals surface area contributed by atoms with Crippen LogP contribution in [0.2, 0.25) is 0 Å². The van der Waals surface area contributed by atoms with Crippen LogP contribution in [0.3, 0.4) is 0 Å². The Labute approximate surface area is 179 Å². The third-order valence-corrected chi connectivity index (χ3v) is 2.14. The van der Waals surface area contributed by atoms with Crippen LogP contribution in [0.1, 0.15) is 0 Å². The fourth-order valence-electron chi connectivity index (χ4n) is 1.44. The van der Waals surface area contributed by atoms with Crippen molar-refractivity contribution in [2.45, 2.75) is 0 Å². The molecule has 10 nitrogen and oxygen atoms in total. The van der Waals surface area contributed by atoms with Gasteiger partial charge in [0.1, 0.15) is 0 Å². The first kappa shape index (κ1) is 26.8. The summed E-state index contributed by atoms with van der Waals surface area (Å²) in [4.78, 5) is 43.4. The molecule has 0 spiro atoms. The van der Waals surface area contributed by atoms with Gasteiger partial charge in [-0.3, -0.25) is 9.80 Å². The number of hydrogen-bond donors (Lipinski definition) is 0. The van der Waals surface area contributed by atoms with Crippen LogP contribution < -0.4 is 71.8 Å². The van der Waals surface area contributed by atoms with Crippen LogP contribution in [0.15, 0.2) is 0 Å². The molecule has 0 aliphatic rings. The summed E-state index contributed by atoms with van der Waals surface area (Å²) in [7, 11) is 0. The van der Waals surface area contributed by atoms with Crippen molar-refractivity contribution >= 4 is 23.9 Å². The van der Waals surface area contributed by atoms with Crippen molar-refractivity contribution in [2.75, 3.05) is 39.3 Å². The van der Waals surface area contributed by atoms with E-state index in [1.54, 1.807) is 0 Å². The van der Waals surface area contributed by atoms with Crippen molar-refractivity contribution in [3.63, 3.8) is 0 Å². The summed E-state index contributed by atoms with van der Waals surface area (Å²) in [5.41, 5.74) is 0. The van der Waals surface area contributed by atoms with E-state index >= 15 is 0 Å². The predicted octanol–water partition coefficient (Wildman–Crippen LogP) is -10.4. The molecule has 0 heterocycles. The van der Waals surface area contributed by atoms with E-state index in [9.17, 15) is 39.6 Å². The molecule has 0 rings (SSSR count). The van der Waals surface area contributed by atoms with Crippen LogP contribution in [-0.4, -0.2) is 72.9 Å². The molecule has 0 aromatic heterocycles. The number of aliphatic carboxylic acids is 4. The van der Waals surface area contributed by atoms with Gasteiger partial charge in [-0.2, -0.15) is 0 Å². The second-order valence-electron chi connectivity index (χ2n) is 3.91. The predicted molar refractivity (Wildman–Crippen MR) is 52.9 cm³/mol. The van der Waals surface area contributed by atoms with Crippen LogP contribution in [-0.2, 0) is 36.2 Å². The molecule has 22 heavy (non-hydrogen) atoms. The smallest absolute Gasteiger partial charge is 0.549 e. The topological polar surface area (TPSA) is 167 Å². The van der Waals surface area contributed by atoms with Gasteiger partial charge in [-0.05, 0) is 0 Å². The quantitative estimate of drug-likeness (QED) is 0.313. The van der Waals surface area contributed by atoms with Gasteiger partial charge in [0.2, 0.25) is 0 Å². The largest absolute Gasteiger partial charge is 3.00 e. The molecule has 0 amide bonds. The normalized spacial score (nSPS) is 9.73. The molecule has 119 valence electrons. The molecule has 0 aromatic carbocycles. The van der Waals surface area contributed by atoms with Gasteiger partial charge in [-0.15, -0.1) is 0 Å². The molecule has 0 bridgehead atoms. The Balaban J connectivity index is -0.00000180. The Hall–Kier alpha value is -0.0442. The molecule has 12 heteroatoms. The number of carbonyl (C=O) groups is 4. The van der Waals surface area contributed by atoms with Crippen LogP contribution in [0, 0.1) is 0 Å². The SMILES string of the molecule is O=C([O-])CN(CCN(CC(=O)[O-])CC(=O)[O-])CC(=O)[O-].[Fe+3].[K+]. The fraction of sp³-hybridized carbons (Fsp3) is 0.600. The minimum atomic E-state index is -1.53. The molecule has 0 unspecified atom stereocenters. The molecule has 1 radical (unpaired) electrons. The van der Waals surface area contributed by atoms with E-state index in [4.69, 9.17) is 0 Å². The second kappa shape index (κ2) is 14.5. The number of hydrogen-bond acceptors (Lipinski definition) is 10.